The van der Waals surface area contributed by atoms with Crippen LogP contribution in [-0.2, 0) is 4.79 Å². The zero-order valence-corrected chi connectivity index (χ0v) is 10.2. The maximum Gasteiger partial charge on any atom is 0.205 e. The molecule has 4 saturated carbocycles. The summed E-state index contributed by atoms with van der Waals surface area (Å²) < 4.78 is 0. The highest BCUT2D eigenvalue weighted by molar-refractivity contribution is 5.62. The van der Waals surface area contributed by atoms with Gasteiger partial charge in [0.25, 0.3) is 0 Å². The first-order valence-corrected chi connectivity index (χ1v) is 6.20. The van der Waals surface area contributed by atoms with E-state index in [1.807, 2.05) is 0 Å². The predicted octanol–water partition coefficient (Wildman–Crippen LogP) is 3.48. The van der Waals surface area contributed by atoms with Crippen molar-refractivity contribution in [3.63, 3.8) is 0 Å². The van der Waals surface area contributed by atoms with E-state index >= 15 is 0 Å². The molecule has 4 aliphatic carbocycles. The Morgan fingerprint density at radius 3 is 1.33 bits per heavy atom. The SMILES string of the molecule is CC12CC3(C)CC(C)(C1)CC([C]=O)(C2)C3. The van der Waals surface area contributed by atoms with E-state index in [4.69, 9.17) is 0 Å². The smallest absolute Gasteiger partial charge is 0.205 e. The van der Waals surface area contributed by atoms with E-state index in [-0.39, 0.29) is 5.41 Å². The van der Waals surface area contributed by atoms with Gasteiger partial charge < -0.3 is 0 Å². The lowest BCUT2D eigenvalue weighted by atomic mass is 9.37. The monoisotopic (exact) mass is 205 g/mol. The molecular weight excluding hydrogens is 184 g/mol. The van der Waals surface area contributed by atoms with Crippen LogP contribution in [0.5, 0.6) is 0 Å². The van der Waals surface area contributed by atoms with Crippen molar-refractivity contribution in [3.05, 3.63) is 0 Å². The molecule has 0 aromatic carbocycles. The van der Waals surface area contributed by atoms with Crippen LogP contribution in [0.2, 0.25) is 0 Å². The maximum atomic E-state index is 11.4. The molecule has 83 valence electrons. The van der Waals surface area contributed by atoms with Crippen molar-refractivity contribution in [2.75, 3.05) is 0 Å². The molecule has 1 radical (unpaired) electrons. The molecule has 15 heavy (non-hydrogen) atoms. The molecule has 0 spiro atoms. The molecule has 0 unspecified atom stereocenters. The summed E-state index contributed by atoms with van der Waals surface area (Å²) in [5.41, 5.74) is 1.20. The molecule has 0 aromatic rings. The van der Waals surface area contributed by atoms with Gasteiger partial charge in [-0.3, -0.25) is 4.79 Å². The van der Waals surface area contributed by atoms with Crippen LogP contribution in [0, 0.1) is 21.7 Å². The molecule has 1 nitrogen and oxygen atoms in total. The first-order valence-electron chi connectivity index (χ1n) is 6.20. The van der Waals surface area contributed by atoms with Crippen LogP contribution in [0.3, 0.4) is 0 Å². The molecule has 0 N–H and O–H groups in total. The third-order valence-electron chi connectivity index (χ3n) is 5.07. The molecule has 1 heteroatoms. The Balaban J connectivity index is 2.10. The number of carbonyl (C=O) groups excluding carboxylic acids is 1. The minimum atomic E-state index is -0.0764. The van der Waals surface area contributed by atoms with Gasteiger partial charge in [0.15, 0.2) is 0 Å². The zero-order valence-electron chi connectivity index (χ0n) is 10.2. The van der Waals surface area contributed by atoms with Crippen LogP contribution in [-0.4, -0.2) is 6.29 Å². The Kier molecular flexibility index (Phi) is 1.53. The normalized spacial score (nSPS) is 62.1. The van der Waals surface area contributed by atoms with Crippen molar-refractivity contribution in [2.24, 2.45) is 21.7 Å². The number of hydrogen-bond acceptors (Lipinski definition) is 1. The average molecular weight is 205 g/mol. The van der Waals surface area contributed by atoms with Crippen molar-refractivity contribution < 1.29 is 4.79 Å². The summed E-state index contributed by atoms with van der Waals surface area (Å²) in [6.45, 7) is 7.19. The molecule has 0 amide bonds. The van der Waals surface area contributed by atoms with E-state index in [0.717, 1.165) is 19.3 Å². The Labute approximate surface area is 92.6 Å². The third-order valence-corrected chi connectivity index (χ3v) is 5.07. The van der Waals surface area contributed by atoms with Crippen LogP contribution in [0.4, 0.5) is 0 Å². The molecule has 0 aliphatic heterocycles. The molecule has 0 atom stereocenters. The first kappa shape index (κ1) is 9.86. The number of rotatable bonds is 1. The summed E-state index contributed by atoms with van der Waals surface area (Å²) in [6.07, 6.45) is 9.75. The molecule has 0 saturated heterocycles. The van der Waals surface area contributed by atoms with Gasteiger partial charge in [-0.2, -0.15) is 0 Å². The van der Waals surface area contributed by atoms with Crippen LogP contribution in [0.15, 0.2) is 0 Å². The lowest BCUT2D eigenvalue weighted by Gasteiger charge is -2.67. The third kappa shape index (κ3) is 1.24. The Morgan fingerprint density at radius 2 is 1.07 bits per heavy atom. The van der Waals surface area contributed by atoms with Gasteiger partial charge in [-0.05, 0) is 54.8 Å². The van der Waals surface area contributed by atoms with Gasteiger partial charge in [0.1, 0.15) is 0 Å². The van der Waals surface area contributed by atoms with E-state index in [1.54, 1.807) is 0 Å². The van der Waals surface area contributed by atoms with Crippen molar-refractivity contribution in [1.82, 2.24) is 0 Å². The second kappa shape index (κ2) is 2.33. The van der Waals surface area contributed by atoms with Gasteiger partial charge in [0.2, 0.25) is 6.29 Å². The molecule has 0 heterocycles. The molecule has 0 aromatic heterocycles. The highest BCUT2D eigenvalue weighted by atomic mass is 16.1. The standard InChI is InChI=1S/C14H21O/c1-11-4-12(2)6-13(3,5-11)9-14(7-11,8-12)10-15/h4-9H2,1-3H3. The molecular formula is C14H21O. The summed E-state index contributed by atoms with van der Waals surface area (Å²) in [5.74, 6) is 0. The predicted molar refractivity (Wildman–Crippen MR) is 60.1 cm³/mol. The van der Waals surface area contributed by atoms with Crippen LogP contribution >= 0.6 is 0 Å². The lowest BCUT2D eigenvalue weighted by Crippen LogP contribution is -2.59. The molecule has 4 rings (SSSR count). The highest BCUT2D eigenvalue weighted by Gasteiger charge is 2.64. The fourth-order valence-corrected chi connectivity index (χ4v) is 6.40. The van der Waals surface area contributed by atoms with E-state index in [0.29, 0.717) is 16.2 Å². The minimum Gasteiger partial charge on any atom is -0.290 e. The summed E-state index contributed by atoms with van der Waals surface area (Å²) in [5, 5.41) is 0. The summed E-state index contributed by atoms with van der Waals surface area (Å²) in [6, 6.07) is 0. The quantitative estimate of drug-likeness (QED) is 0.640. The first-order chi connectivity index (χ1) is 6.80. The largest absolute Gasteiger partial charge is 0.290 e. The summed E-state index contributed by atoms with van der Waals surface area (Å²) >= 11 is 0. The summed E-state index contributed by atoms with van der Waals surface area (Å²) in [4.78, 5) is 11.4. The highest BCUT2D eigenvalue weighted by Crippen LogP contribution is 2.72. The van der Waals surface area contributed by atoms with Gasteiger partial charge in [0, 0.05) is 5.41 Å². The van der Waals surface area contributed by atoms with Crippen LogP contribution in [0.25, 0.3) is 0 Å². The Bertz CT molecular complexity index is 277. The van der Waals surface area contributed by atoms with Gasteiger partial charge in [0.05, 0.1) is 0 Å². The fourth-order valence-electron chi connectivity index (χ4n) is 6.40. The minimum absolute atomic E-state index is 0.0764. The fraction of sp³-hybridized carbons (Fsp3) is 0.929. The lowest BCUT2D eigenvalue weighted by molar-refractivity contribution is -0.158. The topological polar surface area (TPSA) is 17.1 Å². The number of hydrogen-bond donors (Lipinski definition) is 0. The van der Waals surface area contributed by atoms with E-state index in [9.17, 15) is 4.79 Å². The Morgan fingerprint density at radius 1 is 0.733 bits per heavy atom. The van der Waals surface area contributed by atoms with Gasteiger partial charge in [-0.25, -0.2) is 0 Å². The van der Waals surface area contributed by atoms with Crippen molar-refractivity contribution >= 4 is 6.29 Å². The maximum absolute atomic E-state index is 11.4. The van der Waals surface area contributed by atoms with Crippen LogP contribution in [0.1, 0.15) is 59.3 Å². The van der Waals surface area contributed by atoms with Crippen molar-refractivity contribution in [1.29, 1.82) is 0 Å². The molecule has 4 bridgehead atoms. The second-order valence-corrected chi connectivity index (χ2v) is 7.88. The van der Waals surface area contributed by atoms with Gasteiger partial charge in [-0.1, -0.05) is 20.8 Å². The van der Waals surface area contributed by atoms with Gasteiger partial charge in [-0.15, -0.1) is 0 Å². The van der Waals surface area contributed by atoms with E-state index < -0.39 is 0 Å². The van der Waals surface area contributed by atoms with Crippen molar-refractivity contribution in [3.8, 4) is 0 Å². The van der Waals surface area contributed by atoms with Crippen molar-refractivity contribution in [2.45, 2.75) is 59.3 Å². The van der Waals surface area contributed by atoms with E-state index in [2.05, 4.69) is 27.1 Å². The van der Waals surface area contributed by atoms with E-state index in [1.165, 1.54) is 19.3 Å². The zero-order chi connectivity index (χ0) is 10.9. The second-order valence-electron chi connectivity index (χ2n) is 7.88. The molecule has 4 fully saturated rings. The summed E-state index contributed by atoms with van der Waals surface area (Å²) in [7, 11) is 0. The molecule has 4 aliphatic rings. The Hall–Kier alpha value is -0.330. The van der Waals surface area contributed by atoms with Crippen LogP contribution < -0.4 is 0 Å². The average Bonchev–Trinajstić information content (AvgIpc) is 1.94. The van der Waals surface area contributed by atoms with Gasteiger partial charge >= 0.3 is 0 Å².